The van der Waals surface area contributed by atoms with Gasteiger partial charge in [0.2, 0.25) is 0 Å². The molecule has 0 aromatic heterocycles. The summed E-state index contributed by atoms with van der Waals surface area (Å²) >= 11 is 15.6. The Hall–Kier alpha value is -0.560. The number of hydrogen-bond acceptors (Lipinski definition) is 5. The maximum atomic E-state index is 12.8. The van der Waals surface area contributed by atoms with Gasteiger partial charge in [-0.15, -0.1) is 0 Å². The summed E-state index contributed by atoms with van der Waals surface area (Å²) in [4.78, 5) is 23.9. The van der Waals surface area contributed by atoms with Crippen LogP contribution in [-0.4, -0.2) is 40.1 Å². The molecule has 2 rings (SSSR count). The van der Waals surface area contributed by atoms with E-state index in [4.69, 9.17) is 33.0 Å². The Morgan fingerprint density at radius 1 is 1.30 bits per heavy atom. The first-order valence-corrected chi connectivity index (χ1v) is 10.1. The summed E-state index contributed by atoms with van der Waals surface area (Å²) in [6.07, 6.45) is 3.08. The van der Waals surface area contributed by atoms with E-state index >= 15 is 0 Å². The lowest BCUT2D eigenvalue weighted by Gasteiger charge is -2.20. The number of ether oxygens (including phenoxy) is 1. The van der Waals surface area contributed by atoms with Crippen LogP contribution >= 0.6 is 46.7 Å². The zero-order valence-electron chi connectivity index (χ0n) is 12.8. The van der Waals surface area contributed by atoms with Gasteiger partial charge in [0, 0.05) is 23.5 Å². The van der Waals surface area contributed by atoms with Crippen molar-refractivity contribution in [2.45, 2.75) is 24.0 Å². The van der Waals surface area contributed by atoms with E-state index in [1.54, 1.807) is 29.6 Å². The van der Waals surface area contributed by atoms with E-state index in [9.17, 15) is 9.59 Å². The summed E-state index contributed by atoms with van der Waals surface area (Å²) in [7, 11) is 0. The minimum Gasteiger partial charge on any atom is -0.478 e. The predicted molar refractivity (Wildman–Crippen MR) is 96.5 cm³/mol. The van der Waals surface area contributed by atoms with Crippen molar-refractivity contribution in [2.75, 3.05) is 12.5 Å². The van der Waals surface area contributed by atoms with Gasteiger partial charge in [-0.3, -0.25) is 4.79 Å². The third-order valence-electron chi connectivity index (χ3n) is 3.73. The maximum Gasteiger partial charge on any atom is 0.345 e. The molecule has 0 fully saturated rings. The Morgan fingerprint density at radius 2 is 1.91 bits per heavy atom. The average Bonchev–Trinajstić information content (AvgIpc) is 2.95. The molecule has 0 spiro atoms. The summed E-state index contributed by atoms with van der Waals surface area (Å²) < 4.78 is 5.43. The Morgan fingerprint density at radius 3 is 2.43 bits per heavy atom. The fourth-order valence-corrected chi connectivity index (χ4v) is 4.85. The molecule has 1 N–H and O–H groups in total. The number of halogens is 2. The Bertz CT molecular complexity index is 647. The van der Waals surface area contributed by atoms with Gasteiger partial charge in [-0.05, 0) is 18.6 Å². The van der Waals surface area contributed by atoms with E-state index in [1.807, 2.05) is 19.4 Å². The zero-order chi connectivity index (χ0) is 17.3. The van der Waals surface area contributed by atoms with Gasteiger partial charge in [0.15, 0.2) is 11.9 Å². The van der Waals surface area contributed by atoms with Gasteiger partial charge < -0.3 is 9.84 Å². The number of hydrogen-bond donors (Lipinski definition) is 1. The van der Waals surface area contributed by atoms with E-state index in [1.165, 1.54) is 0 Å². The van der Waals surface area contributed by atoms with Crippen molar-refractivity contribution in [1.82, 2.24) is 0 Å². The van der Waals surface area contributed by atoms with Crippen LogP contribution in [0.1, 0.15) is 22.8 Å². The monoisotopic (exact) mass is 394 g/mol. The number of thioether (sulfide) groups is 2. The molecule has 0 saturated heterocycles. The first kappa shape index (κ1) is 18.8. The minimum atomic E-state index is -1.07. The van der Waals surface area contributed by atoms with E-state index in [-0.39, 0.29) is 38.5 Å². The number of carbonyl (C=O) groups is 2. The molecular weight excluding hydrogens is 379 g/mol. The third-order valence-corrected chi connectivity index (χ3v) is 7.48. The van der Waals surface area contributed by atoms with Crippen molar-refractivity contribution in [3.63, 3.8) is 0 Å². The number of benzene rings is 1. The number of carboxylic acid groups (broad SMARTS) is 1. The van der Waals surface area contributed by atoms with Crippen molar-refractivity contribution in [2.24, 2.45) is 5.92 Å². The van der Waals surface area contributed by atoms with E-state index < -0.39 is 12.1 Å². The molecule has 8 heteroatoms. The highest BCUT2D eigenvalue weighted by Gasteiger charge is 2.34. The molecule has 0 aliphatic carbocycles. The molecule has 1 aromatic carbocycles. The molecule has 2 unspecified atom stereocenters. The van der Waals surface area contributed by atoms with E-state index in [0.29, 0.717) is 11.1 Å². The molecule has 2 atom stereocenters. The van der Waals surface area contributed by atoms with Crippen LogP contribution in [0.15, 0.2) is 6.07 Å². The highest BCUT2D eigenvalue weighted by atomic mass is 35.5. The van der Waals surface area contributed by atoms with Crippen LogP contribution in [0.25, 0.3) is 0 Å². The van der Waals surface area contributed by atoms with Crippen LogP contribution in [0, 0.1) is 5.92 Å². The van der Waals surface area contributed by atoms with Gasteiger partial charge in [-0.2, -0.15) is 23.5 Å². The summed E-state index contributed by atoms with van der Waals surface area (Å²) in [5.74, 6) is -1.16. The number of carbonyl (C=O) groups excluding carboxylic acids is 1. The molecule has 23 heavy (non-hydrogen) atoms. The topological polar surface area (TPSA) is 63.6 Å². The smallest absolute Gasteiger partial charge is 0.345 e. The van der Waals surface area contributed by atoms with Gasteiger partial charge in [-0.1, -0.05) is 30.1 Å². The molecule has 1 aromatic rings. The lowest BCUT2D eigenvalue weighted by atomic mass is 9.97. The van der Waals surface area contributed by atoms with Gasteiger partial charge in [-0.25, -0.2) is 4.79 Å². The second kappa shape index (κ2) is 7.55. The summed E-state index contributed by atoms with van der Waals surface area (Å²) in [5, 5.41) is 9.30. The molecule has 1 heterocycles. The van der Waals surface area contributed by atoms with Crippen LogP contribution in [0.3, 0.4) is 0 Å². The van der Waals surface area contributed by atoms with Gasteiger partial charge in [0.25, 0.3) is 0 Å². The molecule has 1 aliphatic heterocycles. The number of rotatable bonds is 6. The molecular formula is C15H16Cl2O4S2. The summed E-state index contributed by atoms with van der Waals surface area (Å²) in [6.45, 7) is 1.86. The molecule has 0 radical (unpaired) electrons. The van der Waals surface area contributed by atoms with Crippen molar-refractivity contribution in [3.05, 3.63) is 27.2 Å². The number of fused-ring (bicyclic) bond motifs is 1. The predicted octanol–water partition coefficient (Wildman–Crippen LogP) is 4.25. The number of ketones is 1. The largest absolute Gasteiger partial charge is 0.478 e. The molecule has 126 valence electrons. The SMILES string of the molecule is CSC(SC)C(C)C(=O)c1cc2c(c(Cl)c1Cl)OC(C(=O)O)C2. The second-order valence-electron chi connectivity index (χ2n) is 5.18. The zero-order valence-corrected chi connectivity index (χ0v) is 15.9. The highest BCUT2D eigenvalue weighted by Crippen LogP contribution is 2.43. The fourth-order valence-electron chi connectivity index (χ4n) is 2.52. The third kappa shape index (κ3) is 3.60. The first-order chi connectivity index (χ1) is 10.8. The van der Waals surface area contributed by atoms with Crippen molar-refractivity contribution in [3.8, 4) is 5.75 Å². The normalized spacial score (nSPS) is 17.7. The van der Waals surface area contributed by atoms with Crippen LogP contribution in [-0.2, 0) is 11.2 Å². The van der Waals surface area contributed by atoms with Gasteiger partial charge in [0.05, 0.1) is 9.60 Å². The molecule has 0 amide bonds. The fraction of sp³-hybridized carbons (Fsp3) is 0.467. The Labute approximate surface area is 153 Å². The molecule has 4 nitrogen and oxygen atoms in total. The van der Waals surface area contributed by atoms with Crippen molar-refractivity contribution < 1.29 is 19.4 Å². The minimum absolute atomic E-state index is 0.104. The lowest BCUT2D eigenvalue weighted by Crippen LogP contribution is -2.24. The van der Waals surface area contributed by atoms with Crippen molar-refractivity contribution >= 4 is 58.5 Å². The molecule has 0 saturated carbocycles. The highest BCUT2D eigenvalue weighted by molar-refractivity contribution is 8.16. The van der Waals surface area contributed by atoms with Crippen LogP contribution in [0.4, 0.5) is 0 Å². The van der Waals surface area contributed by atoms with Crippen LogP contribution < -0.4 is 4.74 Å². The molecule has 0 bridgehead atoms. The van der Waals surface area contributed by atoms with E-state index in [0.717, 1.165) is 0 Å². The first-order valence-electron chi connectivity index (χ1n) is 6.81. The standard InChI is InChI=1S/C15H16Cl2O4S2/c1-6(15(22-2)23-3)12(18)8-4-7-5-9(14(19)20)21-13(7)11(17)10(8)16/h4,6,9,15H,5H2,1-3H3,(H,19,20). The summed E-state index contributed by atoms with van der Waals surface area (Å²) in [6, 6.07) is 1.61. The summed E-state index contributed by atoms with van der Waals surface area (Å²) in [5.41, 5.74) is 0.929. The number of Topliss-reactive ketones (excluding diaryl/α,β-unsaturated/α-hetero) is 1. The Kier molecular flexibility index (Phi) is 6.16. The van der Waals surface area contributed by atoms with Crippen LogP contribution in [0.5, 0.6) is 5.75 Å². The van der Waals surface area contributed by atoms with E-state index in [2.05, 4.69) is 0 Å². The maximum absolute atomic E-state index is 12.8. The van der Waals surface area contributed by atoms with Crippen molar-refractivity contribution in [1.29, 1.82) is 0 Å². The molecule has 1 aliphatic rings. The van der Waals surface area contributed by atoms with Gasteiger partial charge in [0.1, 0.15) is 10.8 Å². The Balaban J connectivity index is 2.39. The number of carboxylic acids is 1. The average molecular weight is 395 g/mol. The van der Waals surface area contributed by atoms with Gasteiger partial charge >= 0.3 is 5.97 Å². The van der Waals surface area contributed by atoms with Crippen LogP contribution in [0.2, 0.25) is 10.0 Å². The second-order valence-corrected chi connectivity index (χ2v) is 8.19. The number of aliphatic carboxylic acids is 1. The quantitative estimate of drug-likeness (QED) is 0.574. The lowest BCUT2D eigenvalue weighted by molar-refractivity contribution is -0.144.